The van der Waals surface area contributed by atoms with Gasteiger partial charge in [0.2, 0.25) is 0 Å². The Morgan fingerprint density at radius 2 is 1.15 bits per heavy atom. The van der Waals surface area contributed by atoms with Crippen molar-refractivity contribution in [2.45, 2.75) is 98.7 Å². The van der Waals surface area contributed by atoms with Crippen LogP contribution < -0.4 is 5.32 Å². The summed E-state index contributed by atoms with van der Waals surface area (Å²) in [6.45, 7) is 24.3. The zero-order chi connectivity index (χ0) is 16.4. The lowest BCUT2D eigenvalue weighted by Gasteiger charge is -2.46. The Bertz CT molecular complexity index is 295. The second kappa shape index (κ2) is 6.36. The van der Waals surface area contributed by atoms with Gasteiger partial charge in [0, 0.05) is 16.6 Å². The molecule has 0 rings (SSSR count). The average Bonchev–Trinajstić information content (AvgIpc) is 2.07. The summed E-state index contributed by atoms with van der Waals surface area (Å²) in [6, 6.07) is 0. The lowest BCUT2D eigenvalue weighted by molar-refractivity contribution is 0.0959. The standard InChI is InChI=1S/C18H40N2/c1-12-20(11)18(9,10)14-17(7,8)19-16(5,6)13-15(2,3)4/h19H,12-14H2,1-11H3. The lowest BCUT2D eigenvalue weighted by atomic mass is 9.78. The van der Waals surface area contributed by atoms with E-state index in [9.17, 15) is 0 Å². The van der Waals surface area contributed by atoms with Gasteiger partial charge in [-0.15, -0.1) is 0 Å². The SMILES string of the molecule is CCN(C)C(C)(C)CC(C)(C)NC(C)(C)CC(C)(C)C. The summed E-state index contributed by atoms with van der Waals surface area (Å²) in [5, 5.41) is 3.90. The Morgan fingerprint density at radius 3 is 1.50 bits per heavy atom. The largest absolute Gasteiger partial charge is 0.307 e. The topological polar surface area (TPSA) is 15.3 Å². The third-order valence-electron chi connectivity index (χ3n) is 4.03. The van der Waals surface area contributed by atoms with Gasteiger partial charge in [-0.05, 0) is 73.4 Å². The molecule has 2 heteroatoms. The van der Waals surface area contributed by atoms with Crippen LogP contribution in [0.15, 0.2) is 0 Å². The number of rotatable bonds is 7. The van der Waals surface area contributed by atoms with Gasteiger partial charge >= 0.3 is 0 Å². The first-order valence-corrected chi connectivity index (χ1v) is 8.11. The molecule has 0 saturated carbocycles. The average molecular weight is 285 g/mol. The molecular weight excluding hydrogens is 244 g/mol. The highest BCUT2D eigenvalue weighted by atomic mass is 15.2. The summed E-state index contributed by atoms with van der Waals surface area (Å²) in [5.41, 5.74) is 0.843. The summed E-state index contributed by atoms with van der Waals surface area (Å²) in [7, 11) is 2.22. The Labute approximate surface area is 128 Å². The molecule has 0 aromatic rings. The molecule has 122 valence electrons. The molecule has 0 saturated heterocycles. The van der Waals surface area contributed by atoms with Gasteiger partial charge in [-0.25, -0.2) is 0 Å². The van der Waals surface area contributed by atoms with Crippen LogP contribution in [0.3, 0.4) is 0 Å². The predicted molar refractivity (Wildman–Crippen MR) is 92.4 cm³/mol. The monoisotopic (exact) mass is 284 g/mol. The van der Waals surface area contributed by atoms with Crippen molar-refractivity contribution < 1.29 is 0 Å². The highest BCUT2D eigenvalue weighted by Crippen LogP contribution is 2.31. The molecule has 0 atom stereocenters. The van der Waals surface area contributed by atoms with Gasteiger partial charge in [-0.1, -0.05) is 27.7 Å². The van der Waals surface area contributed by atoms with Crippen LogP contribution in [0, 0.1) is 5.41 Å². The predicted octanol–water partition coefficient (Wildman–Crippen LogP) is 4.69. The summed E-state index contributed by atoms with van der Waals surface area (Å²) in [4.78, 5) is 2.44. The van der Waals surface area contributed by atoms with Crippen LogP contribution in [0.1, 0.15) is 82.1 Å². The first-order chi connectivity index (χ1) is 8.60. The Kier molecular flexibility index (Phi) is 6.33. The van der Waals surface area contributed by atoms with Crippen LogP contribution in [0.25, 0.3) is 0 Å². The molecule has 0 unspecified atom stereocenters. The Morgan fingerprint density at radius 1 is 0.750 bits per heavy atom. The summed E-state index contributed by atoms with van der Waals surface area (Å²) in [6.07, 6.45) is 2.31. The van der Waals surface area contributed by atoms with Crippen LogP contribution in [-0.4, -0.2) is 35.1 Å². The maximum absolute atomic E-state index is 3.90. The van der Waals surface area contributed by atoms with E-state index in [4.69, 9.17) is 0 Å². The van der Waals surface area contributed by atoms with Gasteiger partial charge in [-0.3, -0.25) is 0 Å². The van der Waals surface area contributed by atoms with Crippen LogP contribution in [0.4, 0.5) is 0 Å². The van der Waals surface area contributed by atoms with E-state index in [1.807, 2.05) is 0 Å². The van der Waals surface area contributed by atoms with Gasteiger partial charge in [0.15, 0.2) is 0 Å². The molecule has 0 aliphatic rings. The van der Waals surface area contributed by atoms with E-state index >= 15 is 0 Å². The molecule has 0 spiro atoms. The fourth-order valence-corrected chi connectivity index (χ4v) is 3.97. The van der Waals surface area contributed by atoms with Gasteiger partial charge < -0.3 is 10.2 Å². The molecule has 0 heterocycles. The second-order valence-corrected chi connectivity index (χ2v) is 9.63. The molecule has 20 heavy (non-hydrogen) atoms. The highest BCUT2D eigenvalue weighted by Gasteiger charge is 2.36. The van der Waals surface area contributed by atoms with E-state index in [0.717, 1.165) is 13.0 Å². The van der Waals surface area contributed by atoms with E-state index in [1.54, 1.807) is 0 Å². The minimum Gasteiger partial charge on any atom is -0.307 e. The normalized spacial score (nSPS) is 15.0. The first-order valence-electron chi connectivity index (χ1n) is 8.11. The molecule has 0 aromatic carbocycles. The zero-order valence-electron chi connectivity index (χ0n) is 16.1. The molecule has 0 aliphatic heterocycles. The minimum atomic E-state index is 0.127. The van der Waals surface area contributed by atoms with Crippen molar-refractivity contribution in [2.75, 3.05) is 13.6 Å². The quantitative estimate of drug-likeness (QED) is 0.729. The van der Waals surface area contributed by atoms with Crippen LogP contribution >= 0.6 is 0 Å². The fraction of sp³-hybridized carbons (Fsp3) is 1.00. The zero-order valence-corrected chi connectivity index (χ0v) is 16.1. The maximum Gasteiger partial charge on any atom is 0.0167 e. The Hall–Kier alpha value is -0.0800. The number of hydrogen-bond donors (Lipinski definition) is 1. The summed E-state index contributed by atoms with van der Waals surface area (Å²) in [5.74, 6) is 0. The van der Waals surface area contributed by atoms with Crippen molar-refractivity contribution in [2.24, 2.45) is 5.41 Å². The van der Waals surface area contributed by atoms with E-state index in [-0.39, 0.29) is 16.6 Å². The first kappa shape index (κ1) is 19.9. The lowest BCUT2D eigenvalue weighted by Crippen LogP contribution is -2.57. The molecule has 1 N–H and O–H groups in total. The van der Waals surface area contributed by atoms with Gasteiger partial charge in [0.05, 0.1) is 0 Å². The van der Waals surface area contributed by atoms with Crippen molar-refractivity contribution in [1.29, 1.82) is 0 Å². The molecule has 0 aromatic heterocycles. The highest BCUT2D eigenvalue weighted by molar-refractivity contribution is 4.96. The van der Waals surface area contributed by atoms with Crippen molar-refractivity contribution >= 4 is 0 Å². The number of hydrogen-bond acceptors (Lipinski definition) is 2. The van der Waals surface area contributed by atoms with Crippen LogP contribution in [-0.2, 0) is 0 Å². The summed E-state index contributed by atoms with van der Waals surface area (Å²) < 4.78 is 0. The molecule has 0 radical (unpaired) electrons. The van der Waals surface area contributed by atoms with Gasteiger partial charge in [0.25, 0.3) is 0 Å². The summed E-state index contributed by atoms with van der Waals surface area (Å²) >= 11 is 0. The molecular formula is C18H40N2. The molecule has 0 aliphatic carbocycles. The molecule has 2 nitrogen and oxygen atoms in total. The second-order valence-electron chi connectivity index (χ2n) is 9.63. The van der Waals surface area contributed by atoms with Gasteiger partial charge in [-0.2, -0.15) is 0 Å². The van der Waals surface area contributed by atoms with Crippen molar-refractivity contribution in [3.8, 4) is 0 Å². The van der Waals surface area contributed by atoms with Gasteiger partial charge in [0.1, 0.15) is 0 Å². The van der Waals surface area contributed by atoms with Crippen molar-refractivity contribution in [3.05, 3.63) is 0 Å². The van der Waals surface area contributed by atoms with E-state index < -0.39 is 0 Å². The maximum atomic E-state index is 3.90. The van der Waals surface area contributed by atoms with E-state index in [2.05, 4.69) is 86.5 Å². The van der Waals surface area contributed by atoms with E-state index in [0.29, 0.717) is 5.41 Å². The van der Waals surface area contributed by atoms with Crippen molar-refractivity contribution in [1.82, 2.24) is 10.2 Å². The van der Waals surface area contributed by atoms with Crippen LogP contribution in [0.5, 0.6) is 0 Å². The van der Waals surface area contributed by atoms with E-state index in [1.165, 1.54) is 6.42 Å². The number of nitrogens with one attached hydrogen (secondary N) is 1. The molecule has 0 fully saturated rings. The molecule has 0 bridgehead atoms. The van der Waals surface area contributed by atoms with Crippen LogP contribution in [0.2, 0.25) is 0 Å². The smallest absolute Gasteiger partial charge is 0.0167 e. The van der Waals surface area contributed by atoms with Crippen molar-refractivity contribution in [3.63, 3.8) is 0 Å². The minimum absolute atomic E-state index is 0.127. The fourth-order valence-electron chi connectivity index (χ4n) is 3.97. The Balaban J connectivity index is 4.82. The third kappa shape index (κ3) is 7.64. The number of nitrogens with zero attached hydrogens (tertiary/aromatic N) is 1. The third-order valence-corrected chi connectivity index (χ3v) is 4.03. The molecule has 0 amide bonds.